The van der Waals surface area contributed by atoms with Crippen LogP contribution in [0.2, 0.25) is 10.0 Å². The predicted molar refractivity (Wildman–Crippen MR) is 81.6 cm³/mol. The fourth-order valence-electron chi connectivity index (χ4n) is 2.59. The number of hydrogen-bond donors (Lipinski definition) is 2. The van der Waals surface area contributed by atoms with E-state index in [0.29, 0.717) is 11.6 Å². The van der Waals surface area contributed by atoms with Crippen molar-refractivity contribution in [2.75, 3.05) is 6.54 Å². The first kappa shape index (κ1) is 16.0. The second-order valence-electron chi connectivity index (χ2n) is 5.08. The summed E-state index contributed by atoms with van der Waals surface area (Å²) >= 11 is 11.8. The lowest BCUT2D eigenvalue weighted by Gasteiger charge is -2.31. The maximum absolute atomic E-state index is 12.4. The van der Waals surface area contributed by atoms with E-state index < -0.39 is 10.0 Å². The van der Waals surface area contributed by atoms with Gasteiger partial charge >= 0.3 is 0 Å². The molecule has 0 radical (unpaired) electrons. The van der Waals surface area contributed by atoms with Crippen molar-refractivity contribution in [2.45, 2.75) is 36.6 Å². The van der Waals surface area contributed by atoms with Crippen molar-refractivity contribution in [1.29, 1.82) is 0 Å². The Morgan fingerprint density at radius 2 is 1.95 bits per heavy atom. The summed E-state index contributed by atoms with van der Waals surface area (Å²) in [5.41, 5.74) is 5.72. The van der Waals surface area contributed by atoms with Crippen LogP contribution in [0, 0.1) is 5.92 Å². The van der Waals surface area contributed by atoms with Crippen LogP contribution in [0.1, 0.15) is 25.7 Å². The zero-order valence-corrected chi connectivity index (χ0v) is 13.3. The van der Waals surface area contributed by atoms with Crippen LogP contribution in [0.3, 0.4) is 0 Å². The van der Waals surface area contributed by atoms with Gasteiger partial charge in [-0.15, -0.1) is 0 Å². The Hall–Kier alpha value is -0.330. The standard InChI is InChI=1S/C13H18Cl2N2O2S/c14-10-5-6-11(15)13(7-10)20(18,19)17-12-4-2-1-3-9(12)8-16/h5-7,9,12,17H,1-4,8,16H2. The first-order valence-electron chi connectivity index (χ1n) is 6.61. The first-order chi connectivity index (χ1) is 9.44. The van der Waals surface area contributed by atoms with E-state index in [9.17, 15) is 8.42 Å². The van der Waals surface area contributed by atoms with Crippen molar-refractivity contribution in [3.8, 4) is 0 Å². The molecule has 1 aliphatic rings. The van der Waals surface area contributed by atoms with Gasteiger partial charge in [-0.25, -0.2) is 13.1 Å². The van der Waals surface area contributed by atoms with Gasteiger partial charge in [0.1, 0.15) is 4.90 Å². The van der Waals surface area contributed by atoms with E-state index in [1.807, 2.05) is 0 Å². The summed E-state index contributed by atoms with van der Waals surface area (Å²) < 4.78 is 27.6. The van der Waals surface area contributed by atoms with Crippen molar-refractivity contribution in [1.82, 2.24) is 4.72 Å². The number of sulfonamides is 1. The monoisotopic (exact) mass is 336 g/mol. The molecule has 20 heavy (non-hydrogen) atoms. The van der Waals surface area contributed by atoms with Crippen molar-refractivity contribution in [3.05, 3.63) is 28.2 Å². The first-order valence-corrected chi connectivity index (χ1v) is 8.85. The summed E-state index contributed by atoms with van der Waals surface area (Å²) in [6.07, 6.45) is 3.86. The molecule has 1 fully saturated rings. The largest absolute Gasteiger partial charge is 0.330 e. The molecule has 0 amide bonds. The second-order valence-corrected chi connectivity index (χ2v) is 7.61. The molecule has 0 heterocycles. The van der Waals surface area contributed by atoms with Crippen LogP contribution >= 0.6 is 23.2 Å². The summed E-state index contributed by atoms with van der Waals surface area (Å²) in [4.78, 5) is 0.0213. The SMILES string of the molecule is NCC1CCCCC1NS(=O)(=O)c1cc(Cl)ccc1Cl. The summed E-state index contributed by atoms with van der Waals surface area (Å²) in [7, 11) is -3.68. The van der Waals surface area contributed by atoms with Crippen LogP contribution in [0.15, 0.2) is 23.1 Å². The number of nitrogens with one attached hydrogen (secondary N) is 1. The van der Waals surface area contributed by atoms with Crippen molar-refractivity contribution in [2.24, 2.45) is 11.7 Å². The van der Waals surface area contributed by atoms with Gasteiger partial charge in [-0.3, -0.25) is 0 Å². The molecule has 3 N–H and O–H groups in total. The fraction of sp³-hybridized carbons (Fsp3) is 0.538. The van der Waals surface area contributed by atoms with E-state index in [0.717, 1.165) is 25.7 Å². The Labute approximate surface area is 129 Å². The van der Waals surface area contributed by atoms with Gasteiger partial charge in [-0.2, -0.15) is 0 Å². The average molecular weight is 337 g/mol. The van der Waals surface area contributed by atoms with Gasteiger partial charge in [0.05, 0.1) is 5.02 Å². The fourth-order valence-corrected chi connectivity index (χ4v) is 4.69. The van der Waals surface area contributed by atoms with E-state index in [2.05, 4.69) is 4.72 Å². The Kier molecular flexibility index (Phi) is 5.31. The summed E-state index contributed by atoms with van der Waals surface area (Å²) in [5.74, 6) is 0.177. The molecule has 112 valence electrons. The summed E-state index contributed by atoms with van der Waals surface area (Å²) in [6, 6.07) is 4.28. The van der Waals surface area contributed by atoms with Crippen molar-refractivity contribution >= 4 is 33.2 Å². The van der Waals surface area contributed by atoms with Crippen LogP contribution < -0.4 is 10.5 Å². The number of halogens is 2. The molecule has 4 nitrogen and oxygen atoms in total. The third-order valence-electron chi connectivity index (χ3n) is 3.70. The number of benzene rings is 1. The van der Waals surface area contributed by atoms with Gasteiger partial charge in [-0.1, -0.05) is 36.0 Å². The minimum Gasteiger partial charge on any atom is -0.330 e. The van der Waals surface area contributed by atoms with Crippen LogP contribution in [0.25, 0.3) is 0 Å². The molecule has 1 aromatic carbocycles. The Morgan fingerprint density at radius 1 is 1.25 bits per heavy atom. The highest BCUT2D eigenvalue weighted by Crippen LogP contribution is 2.28. The van der Waals surface area contributed by atoms with Gasteiger partial charge in [-0.05, 0) is 43.5 Å². The quantitative estimate of drug-likeness (QED) is 0.887. The van der Waals surface area contributed by atoms with E-state index >= 15 is 0 Å². The third-order valence-corrected chi connectivity index (χ3v) is 5.91. The topological polar surface area (TPSA) is 72.2 Å². The molecule has 0 spiro atoms. The molecule has 0 saturated heterocycles. The van der Waals surface area contributed by atoms with Crippen LogP contribution in [0.4, 0.5) is 0 Å². The molecule has 0 bridgehead atoms. The Bertz CT molecular complexity index is 578. The van der Waals surface area contributed by atoms with Gasteiger partial charge in [0.2, 0.25) is 10.0 Å². The normalized spacial score (nSPS) is 23.8. The van der Waals surface area contributed by atoms with Gasteiger partial charge in [0, 0.05) is 11.1 Å². The lowest BCUT2D eigenvalue weighted by Crippen LogP contribution is -2.44. The van der Waals surface area contributed by atoms with E-state index in [1.165, 1.54) is 12.1 Å². The summed E-state index contributed by atoms with van der Waals surface area (Å²) in [6.45, 7) is 0.483. The highest BCUT2D eigenvalue weighted by atomic mass is 35.5. The second kappa shape index (κ2) is 6.62. The molecule has 0 aliphatic heterocycles. The minimum absolute atomic E-state index is 0.0213. The van der Waals surface area contributed by atoms with Crippen LogP contribution in [-0.4, -0.2) is 21.0 Å². The third kappa shape index (κ3) is 3.65. The lowest BCUT2D eigenvalue weighted by molar-refractivity contribution is 0.296. The maximum Gasteiger partial charge on any atom is 0.242 e. The lowest BCUT2D eigenvalue weighted by atomic mass is 9.85. The molecule has 2 rings (SSSR count). The van der Waals surface area contributed by atoms with Crippen LogP contribution in [-0.2, 0) is 10.0 Å². The van der Waals surface area contributed by atoms with Gasteiger partial charge in [0.15, 0.2) is 0 Å². The maximum atomic E-state index is 12.4. The number of nitrogens with two attached hydrogens (primary N) is 1. The highest BCUT2D eigenvalue weighted by Gasteiger charge is 2.29. The van der Waals surface area contributed by atoms with E-state index in [4.69, 9.17) is 28.9 Å². The van der Waals surface area contributed by atoms with Gasteiger partial charge in [0.25, 0.3) is 0 Å². The average Bonchev–Trinajstić information content (AvgIpc) is 2.41. The summed E-state index contributed by atoms with van der Waals surface area (Å²) in [5, 5.41) is 0.510. The zero-order chi connectivity index (χ0) is 14.8. The van der Waals surface area contributed by atoms with Crippen molar-refractivity contribution in [3.63, 3.8) is 0 Å². The highest BCUT2D eigenvalue weighted by molar-refractivity contribution is 7.89. The minimum atomic E-state index is -3.68. The molecule has 0 aromatic heterocycles. The molecule has 1 saturated carbocycles. The van der Waals surface area contributed by atoms with Gasteiger partial charge < -0.3 is 5.73 Å². The number of rotatable bonds is 4. The van der Waals surface area contributed by atoms with Crippen LogP contribution in [0.5, 0.6) is 0 Å². The van der Waals surface area contributed by atoms with E-state index in [1.54, 1.807) is 6.07 Å². The smallest absolute Gasteiger partial charge is 0.242 e. The molecule has 7 heteroatoms. The molecule has 2 unspecified atom stereocenters. The number of hydrogen-bond acceptors (Lipinski definition) is 3. The molecular formula is C13H18Cl2N2O2S. The zero-order valence-electron chi connectivity index (χ0n) is 11.0. The Morgan fingerprint density at radius 3 is 2.65 bits per heavy atom. The predicted octanol–water partition coefficient (Wildman–Crippen LogP) is 2.79. The molecular weight excluding hydrogens is 319 g/mol. The molecule has 1 aliphatic carbocycles. The van der Waals surface area contributed by atoms with E-state index in [-0.39, 0.29) is 21.9 Å². The molecule has 2 atom stereocenters. The Balaban J connectivity index is 2.24. The molecule has 1 aromatic rings. The van der Waals surface area contributed by atoms with Crippen molar-refractivity contribution < 1.29 is 8.42 Å².